The van der Waals surface area contributed by atoms with E-state index in [9.17, 15) is 23.5 Å². The number of carbonyl (C=O) groups is 2. The van der Waals surface area contributed by atoms with E-state index < -0.39 is 23.6 Å². The van der Waals surface area contributed by atoms with Crippen molar-refractivity contribution in [2.75, 3.05) is 7.11 Å². The van der Waals surface area contributed by atoms with E-state index in [1.807, 2.05) is 77.6 Å². The Morgan fingerprint density at radius 1 is 0.743 bits per heavy atom. The fourth-order valence-electron chi connectivity index (χ4n) is 7.06. The number of aromatic amines is 1. The maximum Gasteiger partial charge on any atom is 0.0921 e. The van der Waals surface area contributed by atoms with Gasteiger partial charge < -0.3 is 29.6 Å². The normalized spacial score (nSPS) is 12.2. The molecule has 11 rings (SSSR count). The number of fused-ring (bicyclic) bond motifs is 4. The Morgan fingerprint density at radius 2 is 1.34 bits per heavy atom. The molecule has 5 aromatic heterocycles. The number of hydrogen-bond acceptors (Lipinski definition) is 10. The molecule has 4 aromatic carbocycles. The number of phenols is 1. The zero-order valence-corrected chi connectivity index (χ0v) is 42.0. The number of rotatable bonds is 6. The summed E-state index contributed by atoms with van der Waals surface area (Å²) in [5.74, 6) is -1.47. The summed E-state index contributed by atoms with van der Waals surface area (Å²) in [6, 6.07) is 22.3. The van der Waals surface area contributed by atoms with E-state index in [-0.39, 0.29) is 33.9 Å². The number of para-hydroxylation sites is 1. The Kier molecular flexibility index (Phi) is 19.7. The summed E-state index contributed by atoms with van der Waals surface area (Å²) in [6.45, 7) is 5.56. The molecule has 0 bridgehead atoms. The van der Waals surface area contributed by atoms with Crippen molar-refractivity contribution in [2.24, 2.45) is 0 Å². The molecule has 0 unspecified atom stereocenters. The number of carboxylic acids is 2. The Labute approximate surface area is 433 Å². The Balaban J connectivity index is 0.000000165. The first-order chi connectivity index (χ1) is 33.2. The maximum absolute atomic E-state index is 13.5. The summed E-state index contributed by atoms with van der Waals surface area (Å²) in [7, 11) is 1.67. The molecule has 0 saturated heterocycles. The number of nitrogens with one attached hydrogen (secondary N) is 1. The number of imidazole rings is 2. The van der Waals surface area contributed by atoms with E-state index in [4.69, 9.17) is 18.8 Å². The van der Waals surface area contributed by atoms with Gasteiger partial charge in [-0.15, -0.1) is 0 Å². The van der Waals surface area contributed by atoms with Crippen LogP contribution in [-0.4, -0.2) is 68.8 Å². The zero-order chi connectivity index (χ0) is 49.8. The van der Waals surface area contributed by atoms with Crippen LogP contribution in [0.3, 0.4) is 0 Å². The molecule has 19 heteroatoms. The summed E-state index contributed by atoms with van der Waals surface area (Å²) in [5.41, 5.74) is 7.51. The molecule has 5 heterocycles. The number of methoxy groups -OCH3 is 1. The first kappa shape index (κ1) is 54.4. The number of nitrogens with zero attached hydrogens (tertiary/aromatic N) is 6. The molecule has 0 aliphatic heterocycles. The van der Waals surface area contributed by atoms with E-state index in [1.165, 1.54) is 48.4 Å². The number of H-pyrrole nitrogens is 1. The molecule has 2 aliphatic carbocycles. The van der Waals surface area contributed by atoms with Gasteiger partial charge in [0, 0.05) is 85.3 Å². The van der Waals surface area contributed by atoms with Gasteiger partial charge in [0.25, 0.3) is 0 Å². The van der Waals surface area contributed by atoms with Gasteiger partial charge in [-0.3, -0.25) is 15.0 Å². The molecule has 0 atom stereocenters. The van der Waals surface area contributed by atoms with Gasteiger partial charge in [0.15, 0.2) is 0 Å². The molecule has 9 aromatic rings. The average molecular weight is 1160 g/mol. The van der Waals surface area contributed by atoms with E-state index in [2.05, 4.69) is 58.8 Å². The first-order valence-corrected chi connectivity index (χ1v) is 22.8. The first-order valence-electron chi connectivity index (χ1n) is 21.3. The quantitative estimate of drug-likeness (QED) is 0.0697. The van der Waals surface area contributed by atoms with Crippen LogP contribution in [-0.2, 0) is 36.8 Å². The number of benzene rings is 4. The third kappa shape index (κ3) is 13.8. The van der Waals surface area contributed by atoms with Crippen LogP contribution >= 0.6 is 22.6 Å². The summed E-state index contributed by atoms with van der Waals surface area (Å²) >= 11 is 4.91. The number of aryl methyl sites for hydroxylation is 3. The fraction of sp³-hybridized carbons (Fsp3) is 0.196. The molecule has 2 saturated carbocycles. The fourth-order valence-corrected chi connectivity index (χ4v) is 7.53. The van der Waals surface area contributed by atoms with Crippen molar-refractivity contribution >= 4 is 67.2 Å². The van der Waals surface area contributed by atoms with Crippen molar-refractivity contribution in [1.82, 2.24) is 34.5 Å². The molecule has 0 spiro atoms. The molecule has 0 amide bonds. The topological polar surface area (TPSA) is 206 Å². The molecule has 70 heavy (non-hydrogen) atoms. The van der Waals surface area contributed by atoms with Gasteiger partial charge in [-0.1, -0.05) is 24.3 Å². The van der Waals surface area contributed by atoms with E-state index in [0.717, 1.165) is 66.5 Å². The molecule has 2 aliphatic rings. The van der Waals surface area contributed by atoms with Crippen molar-refractivity contribution in [1.29, 1.82) is 0 Å². The van der Waals surface area contributed by atoms with Crippen LogP contribution in [0, 0.1) is 36.0 Å². The van der Waals surface area contributed by atoms with E-state index >= 15 is 0 Å². The monoisotopic (exact) mass is 1160 g/mol. The standard InChI is InChI=1S/C14H13FN2O2.C14H12N2O.C9H7NO.C8H6FIO2.C6H8N2.2Cu.O/c1-8-4-11(15)10(14(18)19)5-13(8)17-6-12(16-7-17)9-2-3-9;1-9-5-7-15-13-10(9)3-4-11-12(17-2)6-8-16-14(11)13;11-8-5-1-3-7-4-2-6-10-9(7)8;1-4-2-6(9)5(8(11)12)3-7(4)10;1-2-5(1)6-3-7-4-8-6;;;/h4-7,9H,2-3H2,1H3,(H,18,19);3-8H,1-2H3;1-6,11H;2-3H,1H3,(H,11,12);3-5H,1-2H2,(H,7,8);;;. The van der Waals surface area contributed by atoms with Crippen LogP contribution in [0.2, 0.25) is 0 Å². The second kappa shape index (κ2) is 25.4. The average Bonchev–Trinajstić information content (AvgIpc) is 4.28. The smallest absolute Gasteiger partial charge is 0.0921 e. The second-order valence-corrected chi connectivity index (χ2v) is 17.1. The van der Waals surface area contributed by atoms with Crippen LogP contribution in [0.1, 0.15) is 86.3 Å². The van der Waals surface area contributed by atoms with Gasteiger partial charge in [0.05, 0.1) is 47.8 Å². The molecule has 1 radical (unpaired) electrons. The third-order valence-electron chi connectivity index (χ3n) is 11.0. The van der Waals surface area contributed by atoms with Crippen LogP contribution in [0.25, 0.3) is 38.4 Å². The Bertz CT molecular complexity index is 3240. The predicted molar refractivity (Wildman–Crippen MR) is 261 cm³/mol. The SMILES string of the molecule is COc1ccnc2c1ccc1c(C)ccnc12.Cc1cc(F)c(C(=O)O)cc1-n1cnc(C2CC2)c1.Cc1cc(F)c(C(=O)O)cc1I.Oc1cccc2cccnc12.[Cu].[O]=[Cu].c1ncc(C2CC2)[nH]1. The van der Waals surface area contributed by atoms with Crippen LogP contribution in [0.4, 0.5) is 8.78 Å². The van der Waals surface area contributed by atoms with Crippen molar-refractivity contribution in [3.63, 3.8) is 0 Å². The number of aromatic hydroxyl groups is 1. The largest absolute Gasteiger partial charge is 0.348 e. The molecular weight excluding hydrogens is 1110 g/mol. The van der Waals surface area contributed by atoms with Crippen LogP contribution < -0.4 is 4.74 Å². The van der Waals surface area contributed by atoms with Gasteiger partial charge in [-0.05, 0) is 140 Å². The molecule has 370 valence electrons. The van der Waals surface area contributed by atoms with Gasteiger partial charge >= 0.3 is 31.7 Å². The number of pyridine rings is 3. The second-order valence-electron chi connectivity index (χ2n) is 15.9. The van der Waals surface area contributed by atoms with Crippen molar-refractivity contribution < 1.29 is 75.3 Å². The number of phenolic OH excluding ortho intramolecular Hbond substituents is 1. The van der Waals surface area contributed by atoms with Crippen molar-refractivity contribution in [3.05, 3.63) is 177 Å². The van der Waals surface area contributed by atoms with Crippen molar-refractivity contribution in [2.45, 2.75) is 58.3 Å². The van der Waals surface area contributed by atoms with Gasteiger partial charge in [-0.25, -0.2) is 28.3 Å². The van der Waals surface area contributed by atoms with E-state index in [1.54, 1.807) is 62.7 Å². The van der Waals surface area contributed by atoms with Crippen LogP contribution in [0.15, 0.2) is 123 Å². The number of carboxylic acid groups (broad SMARTS) is 2. The summed E-state index contributed by atoms with van der Waals surface area (Å²) in [5, 5.41) is 29.9. The summed E-state index contributed by atoms with van der Waals surface area (Å²) < 4.78 is 42.1. The van der Waals surface area contributed by atoms with Gasteiger partial charge in [0.2, 0.25) is 0 Å². The van der Waals surface area contributed by atoms with Crippen molar-refractivity contribution in [3.8, 4) is 17.2 Å². The minimum absolute atomic E-state index is 0. The van der Waals surface area contributed by atoms with Gasteiger partial charge in [-0.2, -0.15) is 0 Å². The summed E-state index contributed by atoms with van der Waals surface area (Å²) in [6.07, 6.45) is 17.4. The number of halogens is 3. The molecule has 14 nitrogen and oxygen atoms in total. The summed E-state index contributed by atoms with van der Waals surface area (Å²) in [4.78, 5) is 45.6. The zero-order valence-electron chi connectivity index (χ0n) is 37.9. The number of aromatic carboxylic acids is 2. The number of hydrogen-bond donors (Lipinski definition) is 4. The third-order valence-corrected chi connectivity index (χ3v) is 12.2. The Morgan fingerprint density at radius 3 is 1.96 bits per heavy atom. The minimum atomic E-state index is -1.26. The number of aromatic nitrogens is 7. The van der Waals surface area contributed by atoms with E-state index in [0.29, 0.717) is 22.7 Å². The number of ether oxygens (including phenoxy) is 1. The van der Waals surface area contributed by atoms with Crippen LogP contribution in [0.5, 0.6) is 11.5 Å². The Hall–Kier alpha value is -6.50. The predicted octanol–water partition coefficient (Wildman–Crippen LogP) is 11.5. The minimum Gasteiger partial charge on any atom is -0.348 e. The maximum atomic E-state index is 13.5. The molecule has 2 fully saturated rings. The molecule has 4 N–H and O–H groups in total. The van der Waals surface area contributed by atoms with Gasteiger partial charge in [0.1, 0.15) is 34.2 Å². The molecular formula is C51H46Cu2F2IN7O7.